The van der Waals surface area contributed by atoms with E-state index in [9.17, 15) is 9.59 Å². The molecule has 3 rings (SSSR count). The summed E-state index contributed by atoms with van der Waals surface area (Å²) in [6.45, 7) is 0. The van der Waals surface area contributed by atoms with E-state index in [0.717, 1.165) is 14.9 Å². The third-order valence-electron chi connectivity index (χ3n) is 3.58. The fourth-order valence-corrected chi connectivity index (χ4v) is 4.29. The van der Waals surface area contributed by atoms with E-state index in [2.05, 4.69) is 21.2 Å². The highest BCUT2D eigenvalue weighted by Crippen LogP contribution is 2.35. The molecule has 118 valence electrons. The molecular weight excluding hydrogens is 398 g/mol. The smallest absolute Gasteiger partial charge is 0.241 e. The average Bonchev–Trinajstić information content (AvgIpc) is 2.79. The van der Waals surface area contributed by atoms with Crippen LogP contribution in [0.25, 0.3) is 0 Å². The number of carbonyl (C=O) groups is 2. The van der Waals surface area contributed by atoms with Gasteiger partial charge in [-0.15, -0.1) is 11.8 Å². The van der Waals surface area contributed by atoms with Gasteiger partial charge in [-0.3, -0.25) is 9.59 Å². The standard InChI is InChI=1S/C17H13BrClNO2S/c18-11-6-7-12(19)14(9-11)23-16-15(21)13(20-17(16)22)8-10-4-2-1-3-5-10/h1-7,9,13,16H,8H2,(H,20,22). The van der Waals surface area contributed by atoms with E-state index in [1.807, 2.05) is 42.5 Å². The van der Waals surface area contributed by atoms with Gasteiger partial charge in [0, 0.05) is 9.37 Å². The van der Waals surface area contributed by atoms with Crippen LogP contribution in [0.3, 0.4) is 0 Å². The fourth-order valence-electron chi connectivity index (χ4n) is 2.44. The molecule has 6 heteroatoms. The summed E-state index contributed by atoms with van der Waals surface area (Å²) in [5, 5.41) is 2.57. The minimum Gasteiger partial charge on any atom is -0.345 e. The second kappa shape index (κ2) is 7.07. The molecule has 1 heterocycles. The SMILES string of the molecule is O=C1NC(Cc2ccccc2)C(=O)C1Sc1cc(Br)ccc1Cl. The number of Topliss-reactive ketones (excluding diaryl/α,β-unsaturated/α-hetero) is 1. The van der Waals surface area contributed by atoms with Gasteiger partial charge in [0.1, 0.15) is 5.25 Å². The van der Waals surface area contributed by atoms with Crippen LogP contribution >= 0.6 is 39.3 Å². The van der Waals surface area contributed by atoms with E-state index in [1.165, 1.54) is 11.8 Å². The summed E-state index contributed by atoms with van der Waals surface area (Å²) >= 11 is 10.7. The van der Waals surface area contributed by atoms with Gasteiger partial charge in [0.15, 0.2) is 5.78 Å². The summed E-state index contributed by atoms with van der Waals surface area (Å²) in [5.41, 5.74) is 1.03. The van der Waals surface area contributed by atoms with Crippen molar-refractivity contribution in [1.82, 2.24) is 5.32 Å². The number of benzene rings is 2. The van der Waals surface area contributed by atoms with Crippen LogP contribution in [0.4, 0.5) is 0 Å². The molecule has 0 aliphatic carbocycles. The molecule has 2 aromatic rings. The van der Waals surface area contributed by atoms with Crippen molar-refractivity contribution in [3.05, 3.63) is 63.6 Å². The third kappa shape index (κ3) is 3.79. The predicted molar refractivity (Wildman–Crippen MR) is 95.9 cm³/mol. The first-order valence-electron chi connectivity index (χ1n) is 7.04. The number of rotatable bonds is 4. The first kappa shape index (κ1) is 16.6. The molecule has 1 fully saturated rings. The second-order valence-electron chi connectivity index (χ2n) is 5.23. The van der Waals surface area contributed by atoms with Gasteiger partial charge in [-0.25, -0.2) is 0 Å². The number of halogens is 2. The van der Waals surface area contributed by atoms with Crippen LogP contribution in [-0.2, 0) is 16.0 Å². The molecule has 1 saturated heterocycles. The summed E-state index contributed by atoms with van der Waals surface area (Å²) in [4.78, 5) is 25.5. The van der Waals surface area contributed by atoms with Crippen molar-refractivity contribution in [2.45, 2.75) is 22.6 Å². The van der Waals surface area contributed by atoms with Crippen LogP contribution in [0, 0.1) is 0 Å². The molecule has 0 bridgehead atoms. The Morgan fingerprint density at radius 1 is 1.13 bits per heavy atom. The quantitative estimate of drug-likeness (QED) is 0.778. The maximum Gasteiger partial charge on any atom is 0.241 e. The third-order valence-corrected chi connectivity index (χ3v) is 5.79. The molecule has 0 spiro atoms. The largest absolute Gasteiger partial charge is 0.345 e. The highest BCUT2D eigenvalue weighted by Gasteiger charge is 2.41. The van der Waals surface area contributed by atoms with Gasteiger partial charge in [-0.2, -0.15) is 0 Å². The van der Waals surface area contributed by atoms with Crippen LogP contribution in [0.1, 0.15) is 5.56 Å². The number of carbonyl (C=O) groups excluding carboxylic acids is 2. The van der Waals surface area contributed by atoms with Crippen molar-refractivity contribution in [3.8, 4) is 0 Å². The van der Waals surface area contributed by atoms with Crippen molar-refractivity contribution >= 4 is 51.0 Å². The minimum absolute atomic E-state index is 0.0973. The maximum absolute atomic E-state index is 12.6. The number of nitrogens with one attached hydrogen (secondary N) is 1. The molecule has 0 aromatic heterocycles. The fraction of sp³-hybridized carbons (Fsp3) is 0.176. The zero-order valence-corrected chi connectivity index (χ0v) is 15.1. The van der Waals surface area contributed by atoms with Gasteiger partial charge in [0.25, 0.3) is 0 Å². The Hall–Kier alpha value is -1.30. The van der Waals surface area contributed by atoms with E-state index in [1.54, 1.807) is 6.07 Å². The summed E-state index contributed by atoms with van der Waals surface area (Å²) in [6, 6.07) is 14.6. The van der Waals surface area contributed by atoms with Crippen LogP contribution in [-0.4, -0.2) is 23.0 Å². The molecular formula is C17H13BrClNO2S. The van der Waals surface area contributed by atoms with Gasteiger partial charge in [0.2, 0.25) is 5.91 Å². The average molecular weight is 411 g/mol. The Bertz CT molecular complexity index is 754. The van der Waals surface area contributed by atoms with Gasteiger partial charge in [-0.1, -0.05) is 57.9 Å². The Kier molecular flexibility index (Phi) is 5.09. The van der Waals surface area contributed by atoms with Crippen LogP contribution in [0.5, 0.6) is 0 Å². The summed E-state index contributed by atoms with van der Waals surface area (Å²) in [6.07, 6.45) is 0.509. The van der Waals surface area contributed by atoms with E-state index >= 15 is 0 Å². The van der Waals surface area contributed by atoms with Crippen LogP contribution in [0.2, 0.25) is 5.02 Å². The monoisotopic (exact) mass is 409 g/mol. The van der Waals surface area contributed by atoms with E-state index in [-0.39, 0.29) is 11.7 Å². The Morgan fingerprint density at radius 2 is 1.87 bits per heavy atom. The van der Waals surface area contributed by atoms with E-state index in [0.29, 0.717) is 11.4 Å². The molecule has 1 amide bonds. The normalized spacial score (nSPS) is 20.6. The molecule has 2 aromatic carbocycles. The van der Waals surface area contributed by atoms with Crippen molar-refractivity contribution < 1.29 is 9.59 Å². The Morgan fingerprint density at radius 3 is 2.61 bits per heavy atom. The zero-order chi connectivity index (χ0) is 16.4. The Labute approximate surface area is 151 Å². The van der Waals surface area contributed by atoms with Crippen molar-refractivity contribution in [2.24, 2.45) is 0 Å². The maximum atomic E-state index is 12.6. The highest BCUT2D eigenvalue weighted by atomic mass is 79.9. The second-order valence-corrected chi connectivity index (χ2v) is 7.70. The molecule has 0 saturated carbocycles. The van der Waals surface area contributed by atoms with Crippen LogP contribution in [0.15, 0.2) is 57.9 Å². The number of hydrogen-bond acceptors (Lipinski definition) is 3. The zero-order valence-electron chi connectivity index (χ0n) is 12.0. The van der Waals surface area contributed by atoms with Gasteiger partial charge < -0.3 is 5.32 Å². The summed E-state index contributed by atoms with van der Waals surface area (Å²) < 4.78 is 0.857. The predicted octanol–water partition coefficient (Wildman–Crippen LogP) is 3.87. The molecule has 2 unspecified atom stereocenters. The first-order valence-corrected chi connectivity index (χ1v) is 9.09. The number of hydrogen-bond donors (Lipinski definition) is 1. The number of thioether (sulfide) groups is 1. The molecule has 2 atom stereocenters. The highest BCUT2D eigenvalue weighted by molar-refractivity contribution is 9.10. The lowest BCUT2D eigenvalue weighted by atomic mass is 10.0. The van der Waals surface area contributed by atoms with Gasteiger partial charge >= 0.3 is 0 Å². The lowest BCUT2D eigenvalue weighted by Gasteiger charge is -2.09. The lowest BCUT2D eigenvalue weighted by Crippen LogP contribution is -2.31. The molecule has 1 N–H and O–H groups in total. The summed E-state index contributed by atoms with van der Waals surface area (Å²) in [5.74, 6) is -0.350. The lowest BCUT2D eigenvalue weighted by molar-refractivity contribution is -0.121. The van der Waals surface area contributed by atoms with E-state index < -0.39 is 11.3 Å². The first-order chi connectivity index (χ1) is 11.0. The molecule has 0 radical (unpaired) electrons. The molecule has 3 nitrogen and oxygen atoms in total. The molecule has 23 heavy (non-hydrogen) atoms. The van der Waals surface area contributed by atoms with Crippen molar-refractivity contribution in [2.75, 3.05) is 0 Å². The van der Waals surface area contributed by atoms with Crippen molar-refractivity contribution in [3.63, 3.8) is 0 Å². The number of ketones is 1. The molecule has 1 aliphatic heterocycles. The van der Waals surface area contributed by atoms with Gasteiger partial charge in [-0.05, 0) is 30.2 Å². The van der Waals surface area contributed by atoms with Crippen molar-refractivity contribution in [1.29, 1.82) is 0 Å². The minimum atomic E-state index is -0.754. The molecule has 1 aliphatic rings. The van der Waals surface area contributed by atoms with Crippen LogP contribution < -0.4 is 5.32 Å². The topological polar surface area (TPSA) is 46.2 Å². The van der Waals surface area contributed by atoms with E-state index in [4.69, 9.17) is 11.6 Å². The summed E-state index contributed by atoms with van der Waals surface area (Å²) in [7, 11) is 0. The van der Waals surface area contributed by atoms with Gasteiger partial charge in [0.05, 0.1) is 11.1 Å². The number of amides is 1. The Balaban J connectivity index is 1.75.